The lowest BCUT2D eigenvalue weighted by Gasteiger charge is -2.25. The smallest absolute Gasteiger partial charge is 0.252 e. The standard InChI is InChI=1S/C17H22N4O3S2/c1-13-3-2-4-14(11-13)20-17(18)19-12-15-5-6-16(25-15)26(22,23)21-7-9-24-10-8-21/h2-6,11H,7-10,12H2,1H3,(H3,18,19,20). The molecule has 0 aliphatic carbocycles. The van der Waals surface area contributed by atoms with E-state index in [1.165, 1.54) is 15.6 Å². The first-order valence-electron chi connectivity index (χ1n) is 8.25. The lowest BCUT2D eigenvalue weighted by molar-refractivity contribution is 0.0731. The lowest BCUT2D eigenvalue weighted by atomic mass is 10.2. The number of guanidine groups is 1. The summed E-state index contributed by atoms with van der Waals surface area (Å²) in [6.45, 7) is 3.97. The number of hydrogen-bond acceptors (Lipinski definition) is 5. The number of nitrogens with one attached hydrogen (secondary N) is 1. The minimum Gasteiger partial charge on any atom is -0.379 e. The van der Waals surface area contributed by atoms with Crippen molar-refractivity contribution in [1.82, 2.24) is 4.31 Å². The number of rotatable bonds is 5. The van der Waals surface area contributed by atoms with Crippen molar-refractivity contribution in [3.05, 3.63) is 46.8 Å². The van der Waals surface area contributed by atoms with Crippen molar-refractivity contribution in [2.75, 3.05) is 31.6 Å². The molecule has 0 bridgehead atoms. The molecule has 1 fully saturated rings. The summed E-state index contributed by atoms with van der Waals surface area (Å²) >= 11 is 1.22. The van der Waals surface area contributed by atoms with Crippen LogP contribution in [-0.4, -0.2) is 45.0 Å². The Hall–Kier alpha value is -1.94. The predicted molar refractivity (Wildman–Crippen MR) is 104 cm³/mol. The summed E-state index contributed by atoms with van der Waals surface area (Å²) in [5, 5.41) is 3.03. The van der Waals surface area contributed by atoms with Gasteiger partial charge >= 0.3 is 0 Å². The van der Waals surface area contributed by atoms with Gasteiger partial charge in [0.1, 0.15) is 4.21 Å². The van der Waals surface area contributed by atoms with Crippen LogP contribution < -0.4 is 11.1 Å². The number of hydrogen-bond donors (Lipinski definition) is 2. The summed E-state index contributed by atoms with van der Waals surface area (Å²) in [6, 6.07) is 11.2. The van der Waals surface area contributed by atoms with Crippen LogP contribution in [0.2, 0.25) is 0 Å². The number of anilines is 1. The van der Waals surface area contributed by atoms with Gasteiger partial charge in [-0.1, -0.05) is 12.1 Å². The third-order valence-corrected chi connectivity index (χ3v) is 7.33. The molecule has 1 aliphatic heterocycles. The van der Waals surface area contributed by atoms with Gasteiger partial charge in [0.15, 0.2) is 5.96 Å². The third-order valence-electron chi connectivity index (χ3n) is 3.90. The molecule has 0 unspecified atom stereocenters. The zero-order valence-corrected chi connectivity index (χ0v) is 16.1. The number of morpholine rings is 1. The second-order valence-electron chi connectivity index (χ2n) is 5.93. The Morgan fingerprint density at radius 2 is 2.08 bits per heavy atom. The molecule has 3 N–H and O–H groups in total. The van der Waals surface area contributed by atoms with E-state index in [4.69, 9.17) is 10.5 Å². The van der Waals surface area contributed by atoms with Gasteiger partial charge in [0.25, 0.3) is 10.0 Å². The van der Waals surface area contributed by atoms with E-state index in [-0.39, 0.29) is 0 Å². The molecular weight excluding hydrogens is 372 g/mol. The first-order valence-corrected chi connectivity index (χ1v) is 10.5. The van der Waals surface area contributed by atoms with Crippen LogP contribution in [-0.2, 0) is 21.3 Å². The van der Waals surface area contributed by atoms with Gasteiger partial charge in [-0.05, 0) is 36.8 Å². The summed E-state index contributed by atoms with van der Waals surface area (Å²) in [6.07, 6.45) is 0. The van der Waals surface area contributed by atoms with Gasteiger partial charge in [0.2, 0.25) is 0 Å². The highest BCUT2D eigenvalue weighted by atomic mass is 32.2. The van der Waals surface area contributed by atoms with Gasteiger partial charge in [-0.2, -0.15) is 4.31 Å². The van der Waals surface area contributed by atoms with Crippen LogP contribution in [0.1, 0.15) is 10.4 Å². The number of sulfonamides is 1. The fourth-order valence-corrected chi connectivity index (χ4v) is 5.41. The Labute approximate surface area is 157 Å². The van der Waals surface area contributed by atoms with Crippen molar-refractivity contribution in [3.8, 4) is 0 Å². The molecule has 0 amide bonds. The number of aliphatic imine (C=N–C) groups is 1. The normalized spacial score (nSPS) is 16.6. The number of nitrogens with zero attached hydrogens (tertiary/aromatic N) is 2. The molecule has 2 heterocycles. The monoisotopic (exact) mass is 394 g/mol. The maximum Gasteiger partial charge on any atom is 0.252 e. The molecule has 1 saturated heterocycles. The second-order valence-corrected chi connectivity index (χ2v) is 9.27. The van der Waals surface area contributed by atoms with Crippen molar-refractivity contribution >= 4 is 33.0 Å². The number of nitrogens with two attached hydrogens (primary N) is 1. The van der Waals surface area contributed by atoms with Gasteiger partial charge in [0.05, 0.1) is 19.8 Å². The van der Waals surface area contributed by atoms with Gasteiger partial charge in [-0.25, -0.2) is 13.4 Å². The molecule has 9 heteroatoms. The molecular formula is C17H22N4O3S2. The van der Waals surface area contributed by atoms with E-state index < -0.39 is 10.0 Å². The zero-order chi connectivity index (χ0) is 18.6. The van der Waals surface area contributed by atoms with E-state index in [0.717, 1.165) is 16.1 Å². The van der Waals surface area contributed by atoms with Crippen molar-refractivity contribution < 1.29 is 13.2 Å². The number of ether oxygens (including phenoxy) is 1. The zero-order valence-electron chi connectivity index (χ0n) is 14.5. The molecule has 7 nitrogen and oxygen atoms in total. The first-order chi connectivity index (χ1) is 12.4. The van der Waals surface area contributed by atoms with Crippen LogP contribution in [0, 0.1) is 6.92 Å². The summed E-state index contributed by atoms with van der Waals surface area (Å²) in [4.78, 5) is 5.13. The number of thiophene rings is 1. The Balaban J connectivity index is 1.64. The summed E-state index contributed by atoms with van der Waals surface area (Å²) in [7, 11) is -3.46. The summed E-state index contributed by atoms with van der Waals surface area (Å²) < 4.78 is 32.2. The number of benzene rings is 1. The molecule has 0 radical (unpaired) electrons. The molecule has 0 saturated carbocycles. The Morgan fingerprint density at radius 1 is 1.31 bits per heavy atom. The van der Waals surface area contributed by atoms with Crippen LogP contribution in [0.15, 0.2) is 45.6 Å². The molecule has 140 valence electrons. The van der Waals surface area contributed by atoms with Crippen molar-refractivity contribution in [2.24, 2.45) is 10.7 Å². The molecule has 0 atom stereocenters. The Kier molecular flexibility index (Phi) is 5.92. The highest BCUT2D eigenvalue weighted by Crippen LogP contribution is 2.26. The van der Waals surface area contributed by atoms with E-state index in [0.29, 0.717) is 43.0 Å². The highest BCUT2D eigenvalue weighted by molar-refractivity contribution is 7.91. The van der Waals surface area contributed by atoms with E-state index in [1.54, 1.807) is 12.1 Å². The minimum absolute atomic E-state index is 0.293. The fourth-order valence-electron chi connectivity index (χ4n) is 2.57. The van der Waals surface area contributed by atoms with Crippen LogP contribution in [0.3, 0.4) is 0 Å². The fraction of sp³-hybridized carbons (Fsp3) is 0.353. The largest absolute Gasteiger partial charge is 0.379 e. The van der Waals surface area contributed by atoms with E-state index in [2.05, 4.69) is 10.3 Å². The van der Waals surface area contributed by atoms with Crippen molar-refractivity contribution in [3.63, 3.8) is 0 Å². The van der Waals surface area contributed by atoms with E-state index in [9.17, 15) is 8.42 Å². The molecule has 3 rings (SSSR count). The van der Waals surface area contributed by atoms with Gasteiger partial charge in [-0.15, -0.1) is 11.3 Å². The topological polar surface area (TPSA) is 97.0 Å². The molecule has 1 aromatic heterocycles. The van der Waals surface area contributed by atoms with E-state index in [1.807, 2.05) is 31.2 Å². The first kappa shape index (κ1) is 18.8. The number of aryl methyl sites for hydroxylation is 1. The average molecular weight is 395 g/mol. The van der Waals surface area contributed by atoms with Crippen molar-refractivity contribution in [2.45, 2.75) is 17.7 Å². The van der Waals surface area contributed by atoms with Crippen molar-refractivity contribution in [1.29, 1.82) is 0 Å². The minimum atomic E-state index is -3.46. The van der Waals surface area contributed by atoms with Crippen LogP contribution in [0.5, 0.6) is 0 Å². The van der Waals surface area contributed by atoms with Gasteiger partial charge < -0.3 is 15.8 Å². The summed E-state index contributed by atoms with van der Waals surface area (Å²) in [5.74, 6) is 0.293. The van der Waals surface area contributed by atoms with Crippen LogP contribution >= 0.6 is 11.3 Å². The average Bonchev–Trinajstić information content (AvgIpc) is 3.11. The molecule has 0 spiro atoms. The van der Waals surface area contributed by atoms with E-state index >= 15 is 0 Å². The maximum absolute atomic E-state index is 12.6. The van der Waals surface area contributed by atoms with Gasteiger partial charge in [-0.3, -0.25) is 0 Å². The summed E-state index contributed by atoms with van der Waals surface area (Å²) in [5.41, 5.74) is 7.91. The quantitative estimate of drug-likeness (QED) is 0.597. The molecule has 1 aliphatic rings. The lowest BCUT2D eigenvalue weighted by Crippen LogP contribution is -2.40. The Bertz CT molecular complexity index is 887. The highest BCUT2D eigenvalue weighted by Gasteiger charge is 2.27. The van der Waals surface area contributed by atoms with Gasteiger partial charge in [0, 0.05) is 23.7 Å². The molecule has 2 aromatic rings. The third kappa shape index (κ3) is 4.61. The predicted octanol–water partition coefficient (Wildman–Crippen LogP) is 2.00. The van der Waals surface area contributed by atoms with Crippen LogP contribution in [0.25, 0.3) is 0 Å². The SMILES string of the molecule is Cc1cccc(NC(N)=NCc2ccc(S(=O)(=O)N3CCOCC3)s2)c1. The Morgan fingerprint density at radius 3 is 2.81 bits per heavy atom. The maximum atomic E-state index is 12.6. The molecule has 1 aromatic carbocycles. The molecule has 26 heavy (non-hydrogen) atoms. The second kappa shape index (κ2) is 8.17. The van der Waals surface area contributed by atoms with Crippen LogP contribution in [0.4, 0.5) is 5.69 Å².